The number of hydrogen-bond acceptors (Lipinski definition) is 8. The minimum atomic E-state index is -1.00. The molecule has 2 fully saturated rings. The maximum absolute atomic E-state index is 14.5. The zero-order chi connectivity index (χ0) is 37.0. The highest BCUT2D eigenvalue weighted by molar-refractivity contribution is 5.85. The summed E-state index contributed by atoms with van der Waals surface area (Å²) < 4.78 is 32.5. The van der Waals surface area contributed by atoms with Crippen molar-refractivity contribution in [2.45, 2.75) is 50.7 Å². The van der Waals surface area contributed by atoms with Crippen LogP contribution in [-0.2, 0) is 29.8 Å². The molecule has 3 heterocycles. The Balaban J connectivity index is 1.09. The monoisotopic (exact) mass is 719 g/mol. The van der Waals surface area contributed by atoms with Crippen molar-refractivity contribution < 1.29 is 23.4 Å². The van der Waals surface area contributed by atoms with Crippen molar-refractivity contribution in [1.29, 1.82) is 0 Å². The van der Waals surface area contributed by atoms with Gasteiger partial charge in [-0.25, -0.2) is 9.37 Å². The number of rotatable bonds is 14. The molecular formula is C42H46FN5O5. The number of carbonyl (C=O) groups is 1. The van der Waals surface area contributed by atoms with Crippen molar-refractivity contribution in [2.24, 2.45) is 10.6 Å². The molecule has 53 heavy (non-hydrogen) atoms. The van der Waals surface area contributed by atoms with E-state index in [1.54, 1.807) is 33.5 Å². The van der Waals surface area contributed by atoms with Crippen LogP contribution in [0.3, 0.4) is 0 Å². The number of hydrogen-bond donors (Lipinski definition) is 0. The van der Waals surface area contributed by atoms with Crippen molar-refractivity contribution in [1.82, 2.24) is 19.4 Å². The van der Waals surface area contributed by atoms with Crippen LogP contribution in [-0.4, -0.2) is 72.8 Å². The minimum absolute atomic E-state index is 0.144. The second-order valence-corrected chi connectivity index (χ2v) is 14.3. The number of likely N-dealkylation sites (tertiary alicyclic amines) is 2. The predicted molar refractivity (Wildman–Crippen MR) is 202 cm³/mol. The van der Waals surface area contributed by atoms with E-state index in [2.05, 4.69) is 26.8 Å². The lowest BCUT2D eigenvalue weighted by atomic mass is 9.76. The fraction of sp³-hybridized carbons (Fsp3) is 0.381. The van der Waals surface area contributed by atoms with E-state index in [0.29, 0.717) is 81.5 Å². The van der Waals surface area contributed by atoms with Crippen LogP contribution in [0.4, 0.5) is 4.39 Å². The van der Waals surface area contributed by atoms with Gasteiger partial charge < -0.3 is 28.6 Å². The first-order valence-corrected chi connectivity index (χ1v) is 18.2. The maximum Gasteiger partial charge on any atom is 0.229 e. The van der Waals surface area contributed by atoms with Gasteiger partial charge in [-0.2, -0.15) is 0 Å². The third-order valence-electron chi connectivity index (χ3n) is 11.2. The molecule has 2 aliphatic rings. The van der Waals surface area contributed by atoms with Gasteiger partial charge in [-0.05, 0) is 91.7 Å². The van der Waals surface area contributed by atoms with E-state index in [9.17, 15) is 14.1 Å². The largest absolute Gasteiger partial charge is 0.493 e. The second-order valence-electron chi connectivity index (χ2n) is 14.3. The van der Waals surface area contributed by atoms with Crippen LogP contribution in [0.15, 0.2) is 96.2 Å². The zero-order valence-corrected chi connectivity index (χ0v) is 30.6. The summed E-state index contributed by atoms with van der Waals surface area (Å²) in [4.78, 5) is 36.6. The van der Waals surface area contributed by atoms with E-state index in [1.165, 1.54) is 12.1 Å². The fourth-order valence-corrected chi connectivity index (χ4v) is 8.20. The summed E-state index contributed by atoms with van der Waals surface area (Å²) in [7, 11) is 4.76. The number of halogens is 1. The van der Waals surface area contributed by atoms with Gasteiger partial charge in [0.25, 0.3) is 0 Å². The van der Waals surface area contributed by atoms with Gasteiger partial charge in [0.15, 0.2) is 17.0 Å². The molecule has 7 rings (SSSR count). The Kier molecular flexibility index (Phi) is 10.5. The molecule has 1 atom stereocenters. The van der Waals surface area contributed by atoms with Gasteiger partial charge in [0.2, 0.25) is 11.7 Å². The molecule has 2 saturated heterocycles. The Morgan fingerprint density at radius 2 is 1.45 bits per heavy atom. The predicted octanol–water partition coefficient (Wildman–Crippen LogP) is 7.36. The van der Waals surface area contributed by atoms with Crippen molar-refractivity contribution in [3.05, 3.63) is 124 Å². The highest BCUT2D eigenvalue weighted by atomic mass is 19.1. The number of piperidine rings is 1. The van der Waals surface area contributed by atoms with Crippen molar-refractivity contribution in [3.63, 3.8) is 0 Å². The molecule has 4 aromatic carbocycles. The highest BCUT2D eigenvalue weighted by Gasteiger charge is 2.47. The molecule has 0 aliphatic carbocycles. The van der Waals surface area contributed by atoms with E-state index in [1.807, 2.05) is 59.5 Å². The van der Waals surface area contributed by atoms with Crippen LogP contribution >= 0.6 is 0 Å². The van der Waals surface area contributed by atoms with Crippen molar-refractivity contribution >= 4 is 16.9 Å². The molecule has 0 saturated carbocycles. The molecule has 276 valence electrons. The lowest BCUT2D eigenvalue weighted by molar-refractivity contribution is -0.137. The van der Waals surface area contributed by atoms with E-state index in [-0.39, 0.29) is 11.7 Å². The van der Waals surface area contributed by atoms with E-state index in [4.69, 9.17) is 19.2 Å². The van der Waals surface area contributed by atoms with Crippen LogP contribution in [0.5, 0.6) is 17.2 Å². The van der Waals surface area contributed by atoms with Crippen LogP contribution in [0.25, 0.3) is 11.0 Å². The third-order valence-corrected chi connectivity index (χ3v) is 11.2. The van der Waals surface area contributed by atoms with Crippen LogP contribution in [0.2, 0.25) is 0 Å². The number of carbonyl (C=O) groups excluding carboxylic acids is 1. The summed E-state index contributed by atoms with van der Waals surface area (Å²) in [6, 6.07) is 28.3. The number of imidazole rings is 1. The Labute approximate surface area is 309 Å². The van der Waals surface area contributed by atoms with Gasteiger partial charge in [-0.15, -0.1) is 4.91 Å². The minimum Gasteiger partial charge on any atom is -0.493 e. The number of aromatic nitrogens is 2. The molecule has 11 heteroatoms. The number of methoxy groups -OCH3 is 3. The van der Waals surface area contributed by atoms with Gasteiger partial charge in [0, 0.05) is 32.7 Å². The Bertz CT molecular complexity index is 2040. The standard InChI is InChI=1S/C42H46FN5O5/c1-51-36-25-32(26-37(52-2)38(36)53-3)28-47-24-18-41(40(47)49,27-30-9-5-4-6-10-30)17-21-46-22-19-42(45-50,20-23-46)39-44-34-11-7-8-12-35(34)48(39)29-31-13-15-33(43)16-14-31/h4-16,25-26H,17-24,27-29H2,1-3H3. The summed E-state index contributed by atoms with van der Waals surface area (Å²) in [5.74, 6) is 2.13. The van der Waals surface area contributed by atoms with E-state index in [0.717, 1.165) is 40.7 Å². The van der Waals surface area contributed by atoms with Crippen molar-refractivity contribution in [2.75, 3.05) is 47.5 Å². The SMILES string of the molecule is COc1cc(CN2CCC(CCN3CCC(N=O)(c4nc5ccccc5n4Cc4ccc(F)cc4)CC3)(Cc3ccccc3)C2=O)cc(OC)c1OC. The molecule has 0 N–H and O–H groups in total. The Morgan fingerprint density at radius 1 is 0.774 bits per heavy atom. The van der Waals surface area contributed by atoms with Crippen LogP contribution in [0, 0.1) is 16.1 Å². The number of ether oxygens (including phenoxy) is 3. The second kappa shape index (κ2) is 15.4. The first kappa shape index (κ1) is 36.1. The topological polar surface area (TPSA) is 98.5 Å². The molecule has 0 spiro atoms. The molecule has 5 aromatic rings. The third kappa shape index (κ3) is 7.22. The van der Waals surface area contributed by atoms with Gasteiger partial charge in [0.05, 0.1) is 37.8 Å². The molecule has 1 unspecified atom stereocenters. The first-order chi connectivity index (χ1) is 25.8. The summed E-state index contributed by atoms with van der Waals surface area (Å²) in [6.07, 6.45) is 3.11. The molecular weight excluding hydrogens is 673 g/mol. The Morgan fingerprint density at radius 3 is 2.11 bits per heavy atom. The summed E-state index contributed by atoms with van der Waals surface area (Å²) >= 11 is 0. The molecule has 0 radical (unpaired) electrons. The first-order valence-electron chi connectivity index (χ1n) is 18.2. The van der Waals surface area contributed by atoms with Gasteiger partial charge >= 0.3 is 0 Å². The van der Waals surface area contributed by atoms with E-state index < -0.39 is 11.0 Å². The number of nitroso groups, excluding NO2 is 1. The average Bonchev–Trinajstić information content (AvgIpc) is 3.71. The molecule has 2 aliphatic heterocycles. The number of para-hydroxylation sites is 2. The van der Waals surface area contributed by atoms with E-state index >= 15 is 0 Å². The Hall–Kier alpha value is -5.29. The number of amides is 1. The number of fused-ring (bicyclic) bond motifs is 1. The normalized spacial score (nSPS) is 18.7. The molecule has 1 aromatic heterocycles. The van der Waals surface area contributed by atoms with Gasteiger partial charge in [0.1, 0.15) is 11.6 Å². The maximum atomic E-state index is 14.5. The van der Waals surface area contributed by atoms with Gasteiger partial charge in [-0.3, -0.25) is 4.79 Å². The summed E-state index contributed by atoms with van der Waals surface area (Å²) in [5.41, 5.74) is 3.10. The zero-order valence-electron chi connectivity index (χ0n) is 30.6. The summed E-state index contributed by atoms with van der Waals surface area (Å²) in [6.45, 7) is 3.55. The highest BCUT2D eigenvalue weighted by Crippen LogP contribution is 2.43. The molecule has 0 bridgehead atoms. The van der Waals surface area contributed by atoms with Gasteiger partial charge in [-0.1, -0.05) is 59.8 Å². The quantitative estimate of drug-likeness (QED) is 0.111. The molecule has 10 nitrogen and oxygen atoms in total. The molecule has 1 amide bonds. The van der Waals surface area contributed by atoms with Crippen molar-refractivity contribution in [3.8, 4) is 17.2 Å². The average molecular weight is 720 g/mol. The number of nitrogens with zero attached hydrogens (tertiary/aromatic N) is 5. The van der Waals surface area contributed by atoms with Crippen LogP contribution < -0.4 is 14.2 Å². The summed E-state index contributed by atoms with van der Waals surface area (Å²) in [5, 5.41) is 3.79. The number of benzene rings is 4. The lowest BCUT2D eigenvalue weighted by Gasteiger charge is -2.38. The lowest BCUT2D eigenvalue weighted by Crippen LogP contribution is -2.45. The fourth-order valence-electron chi connectivity index (χ4n) is 8.20. The smallest absolute Gasteiger partial charge is 0.229 e. The van der Waals surface area contributed by atoms with Crippen LogP contribution in [0.1, 0.15) is 48.2 Å².